The Balaban J connectivity index is 2.28. The molecule has 0 unspecified atom stereocenters. The Morgan fingerprint density at radius 1 is 1.21 bits per heavy atom. The lowest BCUT2D eigenvalue weighted by Crippen LogP contribution is -2.22. The van der Waals surface area contributed by atoms with Crippen molar-refractivity contribution in [1.29, 1.82) is 0 Å². The highest BCUT2D eigenvalue weighted by atomic mass is 35.5. The number of aromatic nitrogens is 1. The first-order valence-electron chi connectivity index (χ1n) is 8.78. The molecule has 3 rings (SSSR count). The number of aromatic carboxylic acids is 1. The third kappa shape index (κ3) is 4.74. The molecule has 2 aromatic carbocycles. The molecule has 3 nitrogen and oxygen atoms in total. The average molecular weight is 436 g/mol. The fourth-order valence-corrected chi connectivity index (χ4v) is 3.66. The molecule has 7 heteroatoms. The summed E-state index contributed by atoms with van der Waals surface area (Å²) < 4.78 is 28.6. The summed E-state index contributed by atoms with van der Waals surface area (Å²) in [6.45, 7) is 3.34. The smallest absolute Gasteiger partial charge is 0.337 e. The first kappa shape index (κ1) is 21.2. The largest absolute Gasteiger partial charge is 0.478 e. The number of halogens is 4. The van der Waals surface area contributed by atoms with E-state index in [2.05, 4.69) is 11.6 Å². The molecule has 1 aromatic heterocycles. The van der Waals surface area contributed by atoms with Gasteiger partial charge in [0.25, 0.3) is 5.92 Å². The molecule has 0 aliphatic heterocycles. The second-order valence-electron chi connectivity index (χ2n) is 6.67. The quantitative estimate of drug-likeness (QED) is 0.426. The molecule has 0 aliphatic rings. The minimum absolute atomic E-state index is 0.140. The van der Waals surface area contributed by atoms with Gasteiger partial charge in [-0.05, 0) is 35.4 Å². The molecule has 0 amide bonds. The van der Waals surface area contributed by atoms with E-state index < -0.39 is 24.7 Å². The van der Waals surface area contributed by atoms with Gasteiger partial charge in [0.15, 0.2) is 0 Å². The second-order valence-corrected chi connectivity index (χ2v) is 7.52. The van der Waals surface area contributed by atoms with Gasteiger partial charge in [0.2, 0.25) is 0 Å². The molecule has 29 heavy (non-hydrogen) atoms. The molecule has 0 bridgehead atoms. The number of fused-ring (bicyclic) bond motifs is 1. The van der Waals surface area contributed by atoms with Crippen molar-refractivity contribution in [2.75, 3.05) is 0 Å². The number of pyridine rings is 1. The molecule has 1 heterocycles. The monoisotopic (exact) mass is 435 g/mol. The van der Waals surface area contributed by atoms with E-state index in [1.54, 1.807) is 42.5 Å². The van der Waals surface area contributed by atoms with E-state index in [0.717, 1.165) is 6.08 Å². The number of carboxylic acid groups (broad SMARTS) is 1. The van der Waals surface area contributed by atoms with Crippen LogP contribution in [0.1, 0.15) is 33.6 Å². The summed E-state index contributed by atoms with van der Waals surface area (Å²) in [5, 5.41) is 11.2. The van der Waals surface area contributed by atoms with Gasteiger partial charge < -0.3 is 5.11 Å². The van der Waals surface area contributed by atoms with Crippen LogP contribution in [0, 0.1) is 0 Å². The molecular formula is C22H17Cl2F2NO2. The van der Waals surface area contributed by atoms with Crippen molar-refractivity contribution >= 4 is 40.1 Å². The standard InChI is InChI=1S/C22H17Cl2F2NO2/c1-2-9-22(25,26)12-19-20(21(28)29)16(10-13-5-3-4-6-17(13)24)15-11-14(23)7-8-18(15)27-19/h2-8,11H,1,9-10,12H2,(H,28,29). The molecule has 3 aromatic rings. The Hall–Kier alpha value is -2.50. The molecule has 0 aliphatic carbocycles. The van der Waals surface area contributed by atoms with Crippen LogP contribution in [0.3, 0.4) is 0 Å². The van der Waals surface area contributed by atoms with Crippen LogP contribution in [0.25, 0.3) is 10.9 Å². The number of hydrogen-bond acceptors (Lipinski definition) is 2. The third-order valence-corrected chi connectivity index (χ3v) is 5.14. The summed E-state index contributed by atoms with van der Waals surface area (Å²) >= 11 is 12.4. The van der Waals surface area contributed by atoms with E-state index in [0.29, 0.717) is 32.1 Å². The zero-order valence-electron chi connectivity index (χ0n) is 15.3. The lowest BCUT2D eigenvalue weighted by molar-refractivity contribution is 0.00390. The number of alkyl halides is 2. The lowest BCUT2D eigenvalue weighted by atomic mass is 9.92. The maximum Gasteiger partial charge on any atom is 0.337 e. The lowest BCUT2D eigenvalue weighted by Gasteiger charge is -2.19. The van der Waals surface area contributed by atoms with Gasteiger partial charge in [0.05, 0.1) is 23.2 Å². The van der Waals surface area contributed by atoms with Gasteiger partial charge in [-0.3, -0.25) is 4.98 Å². The number of nitrogens with zero attached hydrogens (tertiary/aromatic N) is 1. The Morgan fingerprint density at radius 2 is 1.93 bits per heavy atom. The van der Waals surface area contributed by atoms with Gasteiger partial charge in [-0.15, -0.1) is 6.58 Å². The second kappa shape index (κ2) is 8.47. The van der Waals surface area contributed by atoms with Crippen molar-refractivity contribution in [3.8, 4) is 0 Å². The summed E-state index contributed by atoms with van der Waals surface area (Å²) in [7, 11) is 0. The molecule has 0 spiro atoms. The van der Waals surface area contributed by atoms with Gasteiger partial charge in [-0.2, -0.15) is 0 Å². The number of carbonyl (C=O) groups is 1. The third-order valence-electron chi connectivity index (χ3n) is 4.54. The molecule has 0 radical (unpaired) electrons. The van der Waals surface area contributed by atoms with Crippen molar-refractivity contribution in [1.82, 2.24) is 4.98 Å². The molecular weight excluding hydrogens is 419 g/mol. The van der Waals surface area contributed by atoms with Crippen LogP contribution in [-0.2, 0) is 12.8 Å². The fraction of sp³-hybridized carbons (Fsp3) is 0.182. The minimum Gasteiger partial charge on any atom is -0.478 e. The van der Waals surface area contributed by atoms with Crippen LogP contribution >= 0.6 is 23.2 Å². The highest BCUT2D eigenvalue weighted by molar-refractivity contribution is 6.31. The topological polar surface area (TPSA) is 50.2 Å². The van der Waals surface area contributed by atoms with Crippen LogP contribution in [0.4, 0.5) is 8.78 Å². The summed E-state index contributed by atoms with van der Waals surface area (Å²) in [6, 6.07) is 11.7. The van der Waals surface area contributed by atoms with Crippen molar-refractivity contribution in [3.63, 3.8) is 0 Å². The minimum atomic E-state index is -3.17. The van der Waals surface area contributed by atoms with Crippen LogP contribution in [0.15, 0.2) is 55.1 Å². The SMILES string of the molecule is C=CCC(F)(F)Cc1nc2ccc(Cl)cc2c(Cc2ccccc2Cl)c1C(=O)O. The number of carboxylic acids is 1. The van der Waals surface area contributed by atoms with Crippen LogP contribution in [0.2, 0.25) is 10.0 Å². The molecule has 0 saturated heterocycles. The molecule has 0 saturated carbocycles. The highest BCUT2D eigenvalue weighted by Gasteiger charge is 2.32. The number of rotatable bonds is 7. The Bertz CT molecular complexity index is 1100. The summed E-state index contributed by atoms with van der Waals surface area (Å²) in [5.41, 5.74) is 0.992. The van der Waals surface area contributed by atoms with E-state index in [1.165, 1.54) is 0 Å². The Morgan fingerprint density at radius 3 is 2.59 bits per heavy atom. The first-order chi connectivity index (χ1) is 13.7. The summed E-state index contributed by atoms with van der Waals surface area (Å²) in [5.74, 6) is -4.49. The van der Waals surface area contributed by atoms with Crippen molar-refractivity contribution in [2.45, 2.75) is 25.2 Å². The summed E-state index contributed by atoms with van der Waals surface area (Å²) in [4.78, 5) is 16.4. The number of benzene rings is 2. The van der Waals surface area contributed by atoms with Gasteiger partial charge in [0, 0.05) is 28.3 Å². The average Bonchev–Trinajstić information content (AvgIpc) is 2.63. The number of hydrogen-bond donors (Lipinski definition) is 1. The number of allylic oxidation sites excluding steroid dienone is 1. The van der Waals surface area contributed by atoms with Crippen LogP contribution in [0.5, 0.6) is 0 Å². The van der Waals surface area contributed by atoms with E-state index in [4.69, 9.17) is 23.2 Å². The van der Waals surface area contributed by atoms with Gasteiger partial charge in [-0.1, -0.05) is 47.5 Å². The summed E-state index contributed by atoms with van der Waals surface area (Å²) in [6.07, 6.45) is -0.145. The predicted molar refractivity (Wildman–Crippen MR) is 111 cm³/mol. The van der Waals surface area contributed by atoms with E-state index in [9.17, 15) is 18.7 Å². The normalized spacial score (nSPS) is 11.6. The Labute approximate surface area is 176 Å². The van der Waals surface area contributed by atoms with Crippen molar-refractivity contribution in [3.05, 3.63) is 87.5 Å². The highest BCUT2D eigenvalue weighted by Crippen LogP contribution is 2.33. The predicted octanol–water partition coefficient (Wildman–Crippen LogP) is 6.58. The molecule has 150 valence electrons. The first-order valence-corrected chi connectivity index (χ1v) is 9.54. The van der Waals surface area contributed by atoms with Crippen molar-refractivity contribution < 1.29 is 18.7 Å². The van der Waals surface area contributed by atoms with Crippen LogP contribution in [-0.4, -0.2) is 22.0 Å². The Kier molecular flexibility index (Phi) is 6.20. The van der Waals surface area contributed by atoms with Gasteiger partial charge in [-0.25, -0.2) is 13.6 Å². The molecule has 1 N–H and O–H groups in total. The van der Waals surface area contributed by atoms with E-state index in [-0.39, 0.29) is 17.7 Å². The van der Waals surface area contributed by atoms with Crippen LogP contribution < -0.4 is 0 Å². The van der Waals surface area contributed by atoms with E-state index >= 15 is 0 Å². The van der Waals surface area contributed by atoms with Gasteiger partial charge in [0.1, 0.15) is 0 Å². The van der Waals surface area contributed by atoms with Crippen molar-refractivity contribution in [2.24, 2.45) is 0 Å². The van der Waals surface area contributed by atoms with E-state index in [1.807, 2.05) is 0 Å². The van der Waals surface area contributed by atoms with Gasteiger partial charge >= 0.3 is 5.97 Å². The molecule has 0 atom stereocenters. The maximum atomic E-state index is 14.3. The zero-order valence-corrected chi connectivity index (χ0v) is 16.8. The maximum absolute atomic E-state index is 14.3. The fourth-order valence-electron chi connectivity index (χ4n) is 3.28. The molecule has 0 fully saturated rings. The zero-order chi connectivity index (χ0) is 21.2.